The van der Waals surface area contributed by atoms with Gasteiger partial charge in [-0.05, 0) is 36.8 Å². The van der Waals surface area contributed by atoms with Crippen molar-refractivity contribution in [3.63, 3.8) is 0 Å². The molecule has 5 rings (SSSR count). The molecule has 0 spiro atoms. The molecule has 0 aliphatic heterocycles. The number of para-hydroxylation sites is 1. The van der Waals surface area contributed by atoms with E-state index in [0.717, 1.165) is 22.2 Å². The quantitative estimate of drug-likeness (QED) is 0.239. The first-order valence-corrected chi connectivity index (χ1v) is 9.93. The molecular weight excluding hydrogens is 406 g/mol. The van der Waals surface area contributed by atoms with Crippen molar-refractivity contribution in [1.82, 2.24) is 14.8 Å². The molecule has 0 saturated heterocycles. The number of aromatic nitrogens is 3. The lowest BCUT2D eigenvalue weighted by atomic mass is 10.1. The van der Waals surface area contributed by atoms with Gasteiger partial charge in [-0.3, -0.25) is 0 Å². The van der Waals surface area contributed by atoms with Crippen molar-refractivity contribution >= 4 is 16.9 Å². The highest BCUT2D eigenvalue weighted by molar-refractivity contribution is 5.89. The van der Waals surface area contributed by atoms with E-state index in [-0.39, 0.29) is 11.6 Å². The first-order valence-electron chi connectivity index (χ1n) is 9.93. The average molecular weight is 423 g/mol. The summed E-state index contributed by atoms with van der Waals surface area (Å²) in [4.78, 5) is 29.0. The molecular formula is C25H17N3O4. The smallest absolute Gasteiger partial charge is 0.383 e. The number of carbonyl (C=O) groups is 1. The molecule has 0 aliphatic carbocycles. The number of carbonyl (C=O) groups excluding carboxylic acids is 1. The molecule has 0 amide bonds. The van der Waals surface area contributed by atoms with Crippen LogP contribution >= 0.6 is 0 Å². The van der Waals surface area contributed by atoms with Crippen LogP contribution in [-0.2, 0) is 0 Å². The molecule has 0 fully saturated rings. The van der Waals surface area contributed by atoms with Crippen molar-refractivity contribution in [1.29, 1.82) is 0 Å². The zero-order valence-corrected chi connectivity index (χ0v) is 17.1. The zero-order valence-electron chi connectivity index (χ0n) is 17.1. The third kappa shape index (κ3) is 3.67. The molecule has 0 aliphatic rings. The maximum absolute atomic E-state index is 12.9. The third-order valence-corrected chi connectivity index (χ3v) is 4.96. The molecule has 7 nitrogen and oxygen atoms in total. The second-order valence-corrected chi connectivity index (χ2v) is 7.17. The van der Waals surface area contributed by atoms with E-state index in [0.29, 0.717) is 11.4 Å². The summed E-state index contributed by atoms with van der Waals surface area (Å²) in [5.41, 5.74) is 2.24. The number of nitrogens with zero attached hydrogens (tertiary/aromatic N) is 3. The van der Waals surface area contributed by atoms with Crippen LogP contribution in [0.4, 0.5) is 0 Å². The van der Waals surface area contributed by atoms with Gasteiger partial charge in [-0.25, -0.2) is 19.3 Å². The SMILES string of the molecule is Cc1cc(=O)oc2cc(OC(=O)c3nc(-c4ccccc4)n(-c4ccccc4)n3)ccc12. The summed E-state index contributed by atoms with van der Waals surface area (Å²) in [5, 5.41) is 5.17. The van der Waals surface area contributed by atoms with Crippen molar-refractivity contribution in [3.05, 3.63) is 107 Å². The summed E-state index contributed by atoms with van der Waals surface area (Å²) in [6, 6.07) is 25.2. The Hall–Kier alpha value is -4.52. The van der Waals surface area contributed by atoms with Crippen molar-refractivity contribution in [2.45, 2.75) is 6.92 Å². The molecule has 3 aromatic carbocycles. The summed E-state index contributed by atoms with van der Waals surface area (Å²) in [6.07, 6.45) is 0. The predicted molar refractivity (Wildman–Crippen MR) is 119 cm³/mol. The molecule has 0 bridgehead atoms. The van der Waals surface area contributed by atoms with Crippen LogP contribution in [0.5, 0.6) is 5.75 Å². The second-order valence-electron chi connectivity index (χ2n) is 7.17. The molecule has 5 aromatic rings. The molecule has 7 heteroatoms. The molecule has 0 unspecified atom stereocenters. The largest absolute Gasteiger partial charge is 0.423 e. The minimum absolute atomic E-state index is 0.0847. The highest BCUT2D eigenvalue weighted by Gasteiger charge is 2.21. The van der Waals surface area contributed by atoms with Gasteiger partial charge < -0.3 is 9.15 Å². The van der Waals surface area contributed by atoms with E-state index in [1.54, 1.807) is 16.8 Å². The van der Waals surface area contributed by atoms with Crippen molar-refractivity contribution < 1.29 is 13.9 Å². The standard InChI is InChI=1S/C25H17N3O4/c1-16-14-22(29)32-21-15-19(12-13-20(16)21)31-25(30)23-26-24(17-8-4-2-5-9-17)28(27-23)18-10-6-3-7-11-18/h2-15H,1H3. The number of hydrogen-bond donors (Lipinski definition) is 0. The molecule has 0 atom stereocenters. The van der Waals surface area contributed by atoms with E-state index in [4.69, 9.17) is 9.15 Å². The Morgan fingerprint density at radius 1 is 0.938 bits per heavy atom. The normalized spacial score (nSPS) is 10.9. The summed E-state index contributed by atoms with van der Waals surface area (Å²) < 4.78 is 12.3. The molecule has 156 valence electrons. The monoisotopic (exact) mass is 423 g/mol. The van der Waals surface area contributed by atoms with Gasteiger partial charge >= 0.3 is 11.6 Å². The molecule has 0 saturated carbocycles. The first kappa shape index (κ1) is 19.4. The number of rotatable bonds is 4. The maximum Gasteiger partial charge on any atom is 0.383 e. The van der Waals surface area contributed by atoms with Gasteiger partial charge in [0.1, 0.15) is 11.3 Å². The minimum Gasteiger partial charge on any atom is -0.423 e. The van der Waals surface area contributed by atoms with E-state index >= 15 is 0 Å². The number of ether oxygens (including phenoxy) is 1. The Morgan fingerprint density at radius 2 is 1.66 bits per heavy atom. The molecule has 2 heterocycles. The van der Waals surface area contributed by atoms with Crippen molar-refractivity contribution in [2.24, 2.45) is 0 Å². The number of aryl methyl sites for hydroxylation is 1. The van der Waals surface area contributed by atoms with Gasteiger partial charge in [0.05, 0.1) is 5.69 Å². The molecule has 2 aromatic heterocycles. The fourth-order valence-corrected chi connectivity index (χ4v) is 3.44. The van der Waals surface area contributed by atoms with E-state index < -0.39 is 11.6 Å². The Bertz CT molecular complexity index is 1430. The van der Waals surface area contributed by atoms with Gasteiger partial charge in [-0.1, -0.05) is 48.5 Å². The van der Waals surface area contributed by atoms with Crippen LogP contribution in [0, 0.1) is 6.92 Å². The Kier molecular flexibility index (Phi) is 4.84. The third-order valence-electron chi connectivity index (χ3n) is 4.96. The van der Waals surface area contributed by atoms with E-state index in [2.05, 4.69) is 10.1 Å². The minimum atomic E-state index is -0.716. The lowest BCUT2D eigenvalue weighted by molar-refractivity contribution is 0.0722. The lowest BCUT2D eigenvalue weighted by Crippen LogP contribution is -2.11. The summed E-state index contributed by atoms with van der Waals surface area (Å²) in [6.45, 7) is 1.82. The Labute approximate surface area is 182 Å². The van der Waals surface area contributed by atoms with E-state index in [1.165, 1.54) is 12.1 Å². The van der Waals surface area contributed by atoms with E-state index in [1.807, 2.05) is 67.6 Å². The fourth-order valence-electron chi connectivity index (χ4n) is 3.44. The van der Waals surface area contributed by atoms with Crippen LogP contribution in [-0.4, -0.2) is 20.7 Å². The van der Waals surface area contributed by atoms with Gasteiger partial charge in [0.2, 0.25) is 0 Å². The van der Waals surface area contributed by atoms with Gasteiger partial charge in [-0.2, -0.15) is 0 Å². The summed E-state index contributed by atoms with van der Waals surface area (Å²) >= 11 is 0. The highest BCUT2D eigenvalue weighted by atomic mass is 16.5. The Balaban J connectivity index is 1.52. The van der Waals surface area contributed by atoms with Crippen LogP contribution in [0.25, 0.3) is 28.0 Å². The van der Waals surface area contributed by atoms with Crippen LogP contribution in [0.15, 0.2) is 94.1 Å². The zero-order chi connectivity index (χ0) is 22.1. The maximum atomic E-state index is 12.9. The van der Waals surface area contributed by atoms with Crippen LogP contribution < -0.4 is 10.4 Å². The van der Waals surface area contributed by atoms with Gasteiger partial charge in [0.15, 0.2) is 5.82 Å². The average Bonchev–Trinajstić information content (AvgIpc) is 3.26. The fraction of sp³-hybridized carbons (Fsp3) is 0.0400. The van der Waals surface area contributed by atoms with Crippen molar-refractivity contribution in [2.75, 3.05) is 0 Å². The topological polar surface area (TPSA) is 87.2 Å². The number of benzene rings is 3. The van der Waals surface area contributed by atoms with Crippen LogP contribution in [0.3, 0.4) is 0 Å². The van der Waals surface area contributed by atoms with E-state index in [9.17, 15) is 9.59 Å². The predicted octanol–water partition coefficient (Wildman–Crippen LogP) is 4.57. The van der Waals surface area contributed by atoms with Crippen molar-refractivity contribution in [3.8, 4) is 22.8 Å². The molecule has 0 radical (unpaired) electrons. The number of esters is 1. The summed E-state index contributed by atoms with van der Waals surface area (Å²) in [7, 11) is 0. The lowest BCUT2D eigenvalue weighted by Gasteiger charge is -2.05. The molecule has 0 N–H and O–H groups in total. The second kappa shape index (κ2) is 7.96. The number of hydrogen-bond acceptors (Lipinski definition) is 6. The first-order chi connectivity index (χ1) is 15.6. The van der Waals surface area contributed by atoms with Crippen LogP contribution in [0.1, 0.15) is 16.2 Å². The molecule has 32 heavy (non-hydrogen) atoms. The highest BCUT2D eigenvalue weighted by Crippen LogP contribution is 2.24. The van der Waals surface area contributed by atoms with Gasteiger partial charge in [0.25, 0.3) is 5.82 Å². The van der Waals surface area contributed by atoms with Gasteiger partial charge in [-0.15, -0.1) is 5.10 Å². The Morgan fingerprint density at radius 3 is 2.41 bits per heavy atom. The van der Waals surface area contributed by atoms with Gasteiger partial charge in [0, 0.05) is 23.1 Å². The number of fused-ring (bicyclic) bond motifs is 1. The summed E-state index contributed by atoms with van der Waals surface area (Å²) in [5.74, 6) is -0.0536. The van der Waals surface area contributed by atoms with Crippen LogP contribution in [0.2, 0.25) is 0 Å².